The summed E-state index contributed by atoms with van der Waals surface area (Å²) in [7, 11) is 0. The molecule has 0 aromatic carbocycles. The van der Waals surface area contributed by atoms with Crippen molar-refractivity contribution in [3.05, 3.63) is 22.8 Å². The second-order valence-electron chi connectivity index (χ2n) is 4.83. The standard InChI is InChI=1S/C15H26O2/c1-6-7-8-9-10-17-15(16)14(13(4)5)11-12(2)3/h11H,6-10H2,1-5H3. The lowest BCUT2D eigenvalue weighted by Gasteiger charge is -2.07. The Morgan fingerprint density at radius 1 is 1.06 bits per heavy atom. The van der Waals surface area contributed by atoms with Crippen molar-refractivity contribution in [2.45, 2.75) is 60.3 Å². The number of hydrogen-bond acceptors (Lipinski definition) is 2. The summed E-state index contributed by atoms with van der Waals surface area (Å²) in [5.41, 5.74) is 2.81. The van der Waals surface area contributed by atoms with Gasteiger partial charge in [-0.3, -0.25) is 0 Å². The summed E-state index contributed by atoms with van der Waals surface area (Å²) in [5.74, 6) is -0.192. The van der Waals surface area contributed by atoms with Crippen LogP contribution in [-0.4, -0.2) is 12.6 Å². The van der Waals surface area contributed by atoms with E-state index < -0.39 is 0 Å². The number of hydrogen-bond donors (Lipinski definition) is 0. The van der Waals surface area contributed by atoms with Crippen LogP contribution in [0.2, 0.25) is 0 Å². The summed E-state index contributed by atoms with van der Waals surface area (Å²) in [6.07, 6.45) is 6.40. The lowest BCUT2D eigenvalue weighted by molar-refractivity contribution is -0.138. The minimum atomic E-state index is -0.192. The third-order valence-corrected chi connectivity index (χ3v) is 2.42. The zero-order chi connectivity index (χ0) is 13.3. The fourth-order valence-electron chi connectivity index (χ4n) is 1.47. The molecule has 0 bridgehead atoms. The highest BCUT2D eigenvalue weighted by Gasteiger charge is 2.09. The molecule has 2 heteroatoms. The Morgan fingerprint density at radius 2 is 1.71 bits per heavy atom. The van der Waals surface area contributed by atoms with Crippen LogP contribution in [-0.2, 0) is 9.53 Å². The fraction of sp³-hybridized carbons (Fsp3) is 0.667. The fourth-order valence-corrected chi connectivity index (χ4v) is 1.47. The second-order valence-corrected chi connectivity index (χ2v) is 4.83. The van der Waals surface area contributed by atoms with E-state index in [2.05, 4.69) is 6.92 Å². The van der Waals surface area contributed by atoms with Gasteiger partial charge in [-0.15, -0.1) is 0 Å². The molecule has 0 saturated carbocycles. The highest BCUT2D eigenvalue weighted by Crippen LogP contribution is 2.11. The van der Waals surface area contributed by atoms with Gasteiger partial charge in [-0.1, -0.05) is 37.3 Å². The van der Waals surface area contributed by atoms with Gasteiger partial charge >= 0.3 is 5.97 Å². The first kappa shape index (κ1) is 16.0. The zero-order valence-electron chi connectivity index (χ0n) is 11.9. The predicted molar refractivity (Wildman–Crippen MR) is 72.9 cm³/mol. The third kappa shape index (κ3) is 7.78. The Kier molecular flexibility index (Phi) is 8.47. The number of allylic oxidation sites excluding steroid dienone is 2. The molecule has 2 nitrogen and oxygen atoms in total. The van der Waals surface area contributed by atoms with E-state index in [1.807, 2.05) is 33.8 Å². The summed E-state index contributed by atoms with van der Waals surface area (Å²) in [6.45, 7) is 10.5. The van der Waals surface area contributed by atoms with Crippen LogP contribution in [0.3, 0.4) is 0 Å². The van der Waals surface area contributed by atoms with E-state index in [4.69, 9.17) is 4.74 Å². The Bertz CT molecular complexity index is 290. The molecule has 0 aromatic rings. The highest BCUT2D eigenvalue weighted by atomic mass is 16.5. The summed E-state index contributed by atoms with van der Waals surface area (Å²) >= 11 is 0. The van der Waals surface area contributed by atoms with Gasteiger partial charge in [-0.2, -0.15) is 0 Å². The first-order valence-electron chi connectivity index (χ1n) is 6.48. The topological polar surface area (TPSA) is 26.3 Å². The van der Waals surface area contributed by atoms with Gasteiger partial charge in [0.2, 0.25) is 0 Å². The van der Waals surface area contributed by atoms with Gasteiger partial charge in [0.15, 0.2) is 0 Å². The van der Waals surface area contributed by atoms with Crippen molar-refractivity contribution in [1.29, 1.82) is 0 Å². The van der Waals surface area contributed by atoms with E-state index in [9.17, 15) is 4.79 Å². The molecule has 0 spiro atoms. The Hall–Kier alpha value is -1.05. The molecule has 0 heterocycles. The molecule has 0 aromatic heterocycles. The molecule has 0 aliphatic rings. The number of carbonyl (C=O) groups excluding carboxylic acids is 1. The molecule has 0 rings (SSSR count). The normalized spacial score (nSPS) is 9.71. The maximum atomic E-state index is 11.8. The van der Waals surface area contributed by atoms with Crippen LogP contribution in [0, 0.1) is 0 Å². The number of ether oxygens (including phenoxy) is 1. The first-order chi connectivity index (χ1) is 7.99. The van der Waals surface area contributed by atoms with Gasteiger partial charge in [0.05, 0.1) is 12.2 Å². The minimum Gasteiger partial charge on any atom is -0.462 e. The predicted octanol–water partition coefficient (Wildman–Crippen LogP) is 4.41. The van der Waals surface area contributed by atoms with Gasteiger partial charge in [0.25, 0.3) is 0 Å². The lowest BCUT2D eigenvalue weighted by Crippen LogP contribution is -2.09. The molecular weight excluding hydrogens is 212 g/mol. The van der Waals surface area contributed by atoms with E-state index >= 15 is 0 Å². The molecular formula is C15H26O2. The second kappa shape index (κ2) is 9.03. The van der Waals surface area contributed by atoms with E-state index in [-0.39, 0.29) is 5.97 Å². The monoisotopic (exact) mass is 238 g/mol. The molecule has 98 valence electrons. The first-order valence-corrected chi connectivity index (χ1v) is 6.48. The largest absolute Gasteiger partial charge is 0.462 e. The average Bonchev–Trinajstić information content (AvgIpc) is 2.24. The minimum absolute atomic E-state index is 0.192. The molecule has 0 unspecified atom stereocenters. The summed E-state index contributed by atoms with van der Waals surface area (Å²) in [5, 5.41) is 0. The van der Waals surface area contributed by atoms with Crippen molar-refractivity contribution in [3.8, 4) is 0 Å². The Balaban J connectivity index is 4.19. The van der Waals surface area contributed by atoms with E-state index in [1.165, 1.54) is 12.8 Å². The Labute approximate surface area is 106 Å². The summed E-state index contributed by atoms with van der Waals surface area (Å²) < 4.78 is 5.27. The van der Waals surface area contributed by atoms with E-state index in [0.29, 0.717) is 12.2 Å². The molecule has 0 atom stereocenters. The van der Waals surface area contributed by atoms with Gasteiger partial charge in [-0.05, 0) is 40.2 Å². The van der Waals surface area contributed by atoms with Crippen LogP contribution < -0.4 is 0 Å². The van der Waals surface area contributed by atoms with Gasteiger partial charge in [0, 0.05) is 0 Å². The van der Waals surface area contributed by atoms with Crippen LogP contribution in [0.5, 0.6) is 0 Å². The van der Waals surface area contributed by atoms with Gasteiger partial charge in [0.1, 0.15) is 0 Å². The van der Waals surface area contributed by atoms with Crippen molar-refractivity contribution in [1.82, 2.24) is 0 Å². The molecule has 0 radical (unpaired) electrons. The van der Waals surface area contributed by atoms with Crippen LogP contribution in [0.4, 0.5) is 0 Å². The van der Waals surface area contributed by atoms with Crippen LogP contribution in [0.15, 0.2) is 22.8 Å². The molecule has 0 saturated heterocycles. The smallest absolute Gasteiger partial charge is 0.338 e. The van der Waals surface area contributed by atoms with Crippen molar-refractivity contribution in [2.24, 2.45) is 0 Å². The maximum Gasteiger partial charge on any atom is 0.338 e. The number of rotatable bonds is 7. The summed E-state index contributed by atoms with van der Waals surface area (Å²) in [4.78, 5) is 11.8. The van der Waals surface area contributed by atoms with Crippen LogP contribution in [0.1, 0.15) is 60.3 Å². The molecule has 0 aliphatic carbocycles. The number of esters is 1. The van der Waals surface area contributed by atoms with Crippen molar-refractivity contribution in [2.75, 3.05) is 6.61 Å². The SMILES string of the molecule is CCCCCCOC(=O)C(C=C(C)C)=C(C)C. The Morgan fingerprint density at radius 3 is 2.18 bits per heavy atom. The maximum absolute atomic E-state index is 11.8. The third-order valence-electron chi connectivity index (χ3n) is 2.42. The van der Waals surface area contributed by atoms with E-state index in [1.54, 1.807) is 0 Å². The molecule has 0 aliphatic heterocycles. The van der Waals surface area contributed by atoms with Crippen molar-refractivity contribution >= 4 is 5.97 Å². The van der Waals surface area contributed by atoms with Crippen LogP contribution in [0.25, 0.3) is 0 Å². The van der Waals surface area contributed by atoms with Crippen molar-refractivity contribution < 1.29 is 9.53 Å². The number of unbranched alkanes of at least 4 members (excludes halogenated alkanes) is 3. The zero-order valence-corrected chi connectivity index (χ0v) is 11.9. The summed E-state index contributed by atoms with van der Waals surface area (Å²) in [6, 6.07) is 0. The quantitative estimate of drug-likeness (QED) is 0.284. The molecule has 17 heavy (non-hydrogen) atoms. The average molecular weight is 238 g/mol. The van der Waals surface area contributed by atoms with Gasteiger partial charge in [-0.25, -0.2) is 4.79 Å². The van der Waals surface area contributed by atoms with E-state index in [0.717, 1.165) is 24.0 Å². The van der Waals surface area contributed by atoms with Gasteiger partial charge < -0.3 is 4.74 Å². The highest BCUT2D eigenvalue weighted by molar-refractivity contribution is 5.92. The molecule has 0 fully saturated rings. The van der Waals surface area contributed by atoms with Crippen LogP contribution >= 0.6 is 0 Å². The lowest BCUT2D eigenvalue weighted by atomic mass is 10.1. The van der Waals surface area contributed by atoms with Crippen molar-refractivity contribution in [3.63, 3.8) is 0 Å². The number of carbonyl (C=O) groups is 1. The molecule has 0 N–H and O–H groups in total. The molecule has 0 amide bonds.